The van der Waals surface area contributed by atoms with E-state index in [4.69, 9.17) is 4.52 Å². The third-order valence-electron chi connectivity index (χ3n) is 4.86. The van der Waals surface area contributed by atoms with Gasteiger partial charge in [0, 0.05) is 30.4 Å². The number of pyridine rings is 1. The second kappa shape index (κ2) is 7.05. The summed E-state index contributed by atoms with van der Waals surface area (Å²) in [5.41, 5.74) is 2.42. The topological polar surface area (TPSA) is 42.2 Å². The summed E-state index contributed by atoms with van der Waals surface area (Å²) >= 11 is 0. The molecule has 1 aliphatic rings. The van der Waals surface area contributed by atoms with E-state index >= 15 is 0 Å². The van der Waals surface area contributed by atoms with Crippen LogP contribution in [0.15, 0.2) is 35.1 Å². The average Bonchev–Trinajstić information content (AvgIpc) is 3.04. The van der Waals surface area contributed by atoms with Gasteiger partial charge in [-0.15, -0.1) is 0 Å². The molecular weight excluding hydrogens is 274 g/mol. The van der Waals surface area contributed by atoms with E-state index in [1.807, 2.05) is 12.4 Å². The first-order chi connectivity index (χ1) is 10.7. The quantitative estimate of drug-likeness (QED) is 0.825. The molecule has 4 heteroatoms. The third-order valence-corrected chi connectivity index (χ3v) is 4.86. The summed E-state index contributed by atoms with van der Waals surface area (Å²) in [4.78, 5) is 6.36. The Morgan fingerprint density at radius 3 is 2.68 bits per heavy atom. The zero-order chi connectivity index (χ0) is 15.4. The Morgan fingerprint density at radius 1 is 1.23 bits per heavy atom. The van der Waals surface area contributed by atoms with Gasteiger partial charge in [-0.05, 0) is 44.5 Å². The van der Waals surface area contributed by atoms with Crippen molar-refractivity contribution in [2.75, 3.05) is 7.05 Å². The second-order valence-corrected chi connectivity index (χ2v) is 6.42. The molecule has 0 aromatic carbocycles. The van der Waals surface area contributed by atoms with Crippen molar-refractivity contribution >= 4 is 0 Å². The molecule has 2 heterocycles. The molecule has 0 spiro atoms. The van der Waals surface area contributed by atoms with Crippen LogP contribution in [0.25, 0.3) is 0 Å². The summed E-state index contributed by atoms with van der Waals surface area (Å²) < 4.78 is 5.57. The lowest BCUT2D eigenvalue weighted by Gasteiger charge is -2.23. The Kier molecular flexibility index (Phi) is 4.88. The van der Waals surface area contributed by atoms with Crippen LogP contribution in [-0.4, -0.2) is 22.1 Å². The van der Waals surface area contributed by atoms with Crippen molar-refractivity contribution in [3.63, 3.8) is 0 Å². The third kappa shape index (κ3) is 3.55. The first-order valence-corrected chi connectivity index (χ1v) is 8.29. The molecule has 0 radical (unpaired) electrons. The highest BCUT2D eigenvalue weighted by atomic mass is 16.5. The van der Waals surface area contributed by atoms with Crippen LogP contribution in [-0.2, 0) is 6.54 Å². The molecular formula is C18H25N3O. The summed E-state index contributed by atoms with van der Waals surface area (Å²) in [6, 6.07) is 6.61. The predicted molar refractivity (Wildman–Crippen MR) is 86.4 cm³/mol. The summed E-state index contributed by atoms with van der Waals surface area (Å²) in [6.07, 6.45) is 10.2. The molecule has 22 heavy (non-hydrogen) atoms. The van der Waals surface area contributed by atoms with Gasteiger partial charge in [0.25, 0.3) is 0 Å². The summed E-state index contributed by atoms with van der Waals surface area (Å²) in [7, 11) is 2.12. The van der Waals surface area contributed by atoms with Crippen molar-refractivity contribution in [3.05, 3.63) is 47.6 Å². The molecule has 0 N–H and O–H groups in total. The molecule has 0 amide bonds. The van der Waals surface area contributed by atoms with E-state index in [1.54, 1.807) is 0 Å². The molecule has 2 aromatic rings. The largest absolute Gasteiger partial charge is 0.360 e. The van der Waals surface area contributed by atoms with E-state index in [1.165, 1.54) is 37.7 Å². The Bertz CT molecular complexity index is 575. The normalized spacial score (nSPS) is 17.8. The summed E-state index contributed by atoms with van der Waals surface area (Å²) in [6.45, 7) is 2.98. The molecule has 118 valence electrons. The van der Waals surface area contributed by atoms with Gasteiger partial charge in [-0.2, -0.15) is 0 Å². The number of nitrogens with zero attached hydrogens (tertiary/aromatic N) is 3. The fourth-order valence-corrected chi connectivity index (χ4v) is 3.27. The standard InChI is InChI=1S/C18H25N3O/c1-14(15-8-10-19-11-9-15)21(2)13-17-12-18(20-22-17)16-6-4-3-5-7-16/h8-12,14,16H,3-7,13H2,1-2H3. The van der Waals surface area contributed by atoms with Crippen LogP contribution < -0.4 is 0 Å². The molecule has 1 aliphatic carbocycles. The number of hydrogen-bond acceptors (Lipinski definition) is 4. The number of aromatic nitrogens is 2. The zero-order valence-corrected chi connectivity index (χ0v) is 13.5. The van der Waals surface area contributed by atoms with Gasteiger partial charge < -0.3 is 4.52 Å². The molecule has 3 rings (SSSR count). The van der Waals surface area contributed by atoms with E-state index in [-0.39, 0.29) is 0 Å². The van der Waals surface area contributed by atoms with Crippen molar-refractivity contribution in [1.29, 1.82) is 0 Å². The van der Waals surface area contributed by atoms with Crippen LogP contribution in [0, 0.1) is 0 Å². The second-order valence-electron chi connectivity index (χ2n) is 6.42. The van der Waals surface area contributed by atoms with Crippen LogP contribution in [0.2, 0.25) is 0 Å². The first-order valence-electron chi connectivity index (χ1n) is 8.29. The Balaban J connectivity index is 1.62. The van der Waals surface area contributed by atoms with Crippen LogP contribution in [0.5, 0.6) is 0 Å². The number of rotatable bonds is 5. The molecule has 0 aliphatic heterocycles. The number of hydrogen-bond donors (Lipinski definition) is 0. The van der Waals surface area contributed by atoms with Gasteiger partial charge in [0.15, 0.2) is 5.76 Å². The maximum Gasteiger partial charge on any atom is 0.150 e. The minimum atomic E-state index is 0.325. The fourth-order valence-electron chi connectivity index (χ4n) is 3.27. The minimum Gasteiger partial charge on any atom is -0.360 e. The van der Waals surface area contributed by atoms with Gasteiger partial charge in [-0.1, -0.05) is 24.4 Å². The monoisotopic (exact) mass is 299 g/mol. The SMILES string of the molecule is CC(c1ccncc1)N(C)Cc1cc(C2CCCCC2)no1. The van der Waals surface area contributed by atoms with Gasteiger partial charge in [0.05, 0.1) is 12.2 Å². The molecule has 2 aromatic heterocycles. The maximum absolute atomic E-state index is 5.57. The lowest BCUT2D eigenvalue weighted by atomic mass is 9.87. The highest BCUT2D eigenvalue weighted by Gasteiger charge is 2.20. The fraction of sp³-hybridized carbons (Fsp3) is 0.556. The van der Waals surface area contributed by atoms with Gasteiger partial charge in [0.1, 0.15) is 0 Å². The predicted octanol–water partition coefficient (Wildman–Crippen LogP) is 4.31. The van der Waals surface area contributed by atoms with E-state index in [2.05, 4.69) is 47.2 Å². The lowest BCUT2D eigenvalue weighted by molar-refractivity contribution is 0.220. The smallest absolute Gasteiger partial charge is 0.150 e. The van der Waals surface area contributed by atoms with Crippen molar-refractivity contribution in [3.8, 4) is 0 Å². The average molecular weight is 299 g/mol. The van der Waals surface area contributed by atoms with E-state index < -0.39 is 0 Å². The molecule has 0 bridgehead atoms. The van der Waals surface area contributed by atoms with Gasteiger partial charge >= 0.3 is 0 Å². The van der Waals surface area contributed by atoms with E-state index in [0.29, 0.717) is 12.0 Å². The first kappa shape index (κ1) is 15.2. The van der Waals surface area contributed by atoms with Gasteiger partial charge in [-0.25, -0.2) is 0 Å². The molecule has 1 atom stereocenters. The Hall–Kier alpha value is -1.68. The van der Waals surface area contributed by atoms with Crippen molar-refractivity contribution < 1.29 is 4.52 Å². The molecule has 4 nitrogen and oxygen atoms in total. The van der Waals surface area contributed by atoms with E-state index in [9.17, 15) is 0 Å². The minimum absolute atomic E-state index is 0.325. The molecule has 1 saturated carbocycles. The van der Waals surface area contributed by atoms with E-state index in [0.717, 1.165) is 18.0 Å². The highest BCUT2D eigenvalue weighted by Crippen LogP contribution is 2.32. The molecule has 0 saturated heterocycles. The van der Waals surface area contributed by atoms with Crippen molar-refractivity contribution in [1.82, 2.24) is 15.0 Å². The zero-order valence-electron chi connectivity index (χ0n) is 13.5. The van der Waals surface area contributed by atoms with Crippen molar-refractivity contribution in [2.45, 2.75) is 57.5 Å². The van der Waals surface area contributed by atoms with Crippen LogP contribution >= 0.6 is 0 Å². The van der Waals surface area contributed by atoms with Crippen LogP contribution in [0.4, 0.5) is 0 Å². The lowest BCUT2D eigenvalue weighted by Crippen LogP contribution is -2.21. The summed E-state index contributed by atoms with van der Waals surface area (Å²) in [5.74, 6) is 1.57. The summed E-state index contributed by atoms with van der Waals surface area (Å²) in [5, 5.41) is 4.31. The van der Waals surface area contributed by atoms with Gasteiger partial charge in [-0.3, -0.25) is 9.88 Å². The maximum atomic E-state index is 5.57. The molecule has 1 fully saturated rings. The van der Waals surface area contributed by atoms with Crippen molar-refractivity contribution in [2.24, 2.45) is 0 Å². The highest BCUT2D eigenvalue weighted by molar-refractivity contribution is 5.15. The Labute approximate surface area is 132 Å². The van der Waals surface area contributed by atoms with Gasteiger partial charge in [0.2, 0.25) is 0 Å². The van der Waals surface area contributed by atoms with Crippen LogP contribution in [0.3, 0.4) is 0 Å². The molecule has 1 unspecified atom stereocenters. The van der Waals surface area contributed by atoms with Crippen LogP contribution in [0.1, 0.15) is 68.0 Å². The Morgan fingerprint density at radius 2 is 1.95 bits per heavy atom.